The fourth-order valence-electron chi connectivity index (χ4n) is 1.35. The SMILES string of the molecule is CCOC(=O)C/C(C)=C/c1ccc(O)cc1. The first-order chi connectivity index (χ1) is 7.61. The van der Waals surface area contributed by atoms with Crippen LogP contribution in [0.25, 0.3) is 6.08 Å². The minimum atomic E-state index is -0.213. The van der Waals surface area contributed by atoms with Crippen LogP contribution >= 0.6 is 0 Å². The summed E-state index contributed by atoms with van der Waals surface area (Å²) in [6, 6.07) is 6.82. The molecule has 1 N–H and O–H groups in total. The maximum atomic E-state index is 11.2. The molecular weight excluding hydrogens is 204 g/mol. The van der Waals surface area contributed by atoms with Gasteiger partial charge in [0.2, 0.25) is 0 Å². The second-order valence-corrected chi connectivity index (χ2v) is 3.56. The van der Waals surface area contributed by atoms with Gasteiger partial charge in [0.25, 0.3) is 0 Å². The van der Waals surface area contributed by atoms with Crippen LogP contribution in [0.3, 0.4) is 0 Å². The summed E-state index contributed by atoms with van der Waals surface area (Å²) in [6.45, 7) is 4.08. The molecule has 0 atom stereocenters. The molecule has 0 aromatic heterocycles. The fraction of sp³-hybridized carbons (Fsp3) is 0.308. The number of ether oxygens (including phenoxy) is 1. The van der Waals surface area contributed by atoms with Crippen molar-refractivity contribution in [3.63, 3.8) is 0 Å². The highest BCUT2D eigenvalue weighted by Gasteiger charge is 2.02. The summed E-state index contributed by atoms with van der Waals surface area (Å²) in [5.41, 5.74) is 1.89. The van der Waals surface area contributed by atoms with Crippen LogP contribution in [0, 0.1) is 0 Å². The summed E-state index contributed by atoms with van der Waals surface area (Å²) in [5, 5.41) is 9.11. The van der Waals surface area contributed by atoms with E-state index in [1.165, 1.54) is 0 Å². The molecule has 0 aliphatic heterocycles. The van der Waals surface area contributed by atoms with Crippen molar-refractivity contribution in [1.29, 1.82) is 0 Å². The normalized spacial score (nSPS) is 11.2. The highest BCUT2D eigenvalue weighted by molar-refractivity contribution is 5.74. The van der Waals surface area contributed by atoms with Gasteiger partial charge in [0, 0.05) is 0 Å². The van der Waals surface area contributed by atoms with Crippen molar-refractivity contribution in [2.45, 2.75) is 20.3 Å². The number of hydrogen-bond donors (Lipinski definition) is 1. The Labute approximate surface area is 95.4 Å². The Kier molecular flexibility index (Phi) is 4.58. The summed E-state index contributed by atoms with van der Waals surface area (Å²) in [4.78, 5) is 11.2. The second kappa shape index (κ2) is 5.95. The Morgan fingerprint density at radius 1 is 1.38 bits per heavy atom. The predicted molar refractivity (Wildman–Crippen MR) is 63.0 cm³/mol. The van der Waals surface area contributed by atoms with Gasteiger partial charge in [-0.05, 0) is 31.5 Å². The van der Waals surface area contributed by atoms with E-state index in [0.717, 1.165) is 11.1 Å². The van der Waals surface area contributed by atoms with Crippen LogP contribution in [0.15, 0.2) is 29.8 Å². The lowest BCUT2D eigenvalue weighted by molar-refractivity contribution is -0.142. The first kappa shape index (κ1) is 12.3. The maximum Gasteiger partial charge on any atom is 0.309 e. The standard InChI is InChI=1S/C13H16O3/c1-3-16-13(15)9-10(2)8-11-4-6-12(14)7-5-11/h4-8,14H,3,9H2,1-2H3/b10-8+. The zero-order chi connectivity index (χ0) is 12.0. The summed E-state index contributed by atoms with van der Waals surface area (Å²) in [7, 11) is 0. The molecule has 0 spiro atoms. The van der Waals surface area contributed by atoms with Gasteiger partial charge in [0.1, 0.15) is 5.75 Å². The predicted octanol–water partition coefficient (Wildman–Crippen LogP) is 2.75. The van der Waals surface area contributed by atoms with E-state index in [0.29, 0.717) is 13.0 Å². The van der Waals surface area contributed by atoms with E-state index in [9.17, 15) is 4.79 Å². The minimum Gasteiger partial charge on any atom is -0.508 e. The number of esters is 1. The highest BCUT2D eigenvalue weighted by Crippen LogP contribution is 2.14. The average Bonchev–Trinajstić information content (AvgIpc) is 2.21. The summed E-state index contributed by atoms with van der Waals surface area (Å²) in [5.74, 6) is 0.0234. The molecule has 0 unspecified atom stereocenters. The monoisotopic (exact) mass is 220 g/mol. The van der Waals surface area contributed by atoms with Crippen molar-refractivity contribution in [2.24, 2.45) is 0 Å². The number of aromatic hydroxyl groups is 1. The van der Waals surface area contributed by atoms with E-state index in [2.05, 4.69) is 0 Å². The molecule has 1 rings (SSSR count). The number of carbonyl (C=O) groups excluding carboxylic acids is 1. The van der Waals surface area contributed by atoms with Crippen molar-refractivity contribution in [1.82, 2.24) is 0 Å². The highest BCUT2D eigenvalue weighted by atomic mass is 16.5. The molecule has 1 aromatic carbocycles. The summed E-state index contributed by atoms with van der Waals surface area (Å²) < 4.78 is 4.85. The molecule has 0 heterocycles. The van der Waals surface area contributed by atoms with E-state index in [4.69, 9.17) is 9.84 Å². The van der Waals surface area contributed by atoms with E-state index in [1.54, 1.807) is 31.2 Å². The van der Waals surface area contributed by atoms with Gasteiger partial charge in [-0.15, -0.1) is 0 Å². The van der Waals surface area contributed by atoms with Crippen LogP contribution in [0.5, 0.6) is 5.75 Å². The molecule has 0 fully saturated rings. The first-order valence-electron chi connectivity index (χ1n) is 5.23. The smallest absolute Gasteiger partial charge is 0.309 e. The van der Waals surface area contributed by atoms with Crippen molar-refractivity contribution >= 4 is 12.0 Å². The molecule has 0 bridgehead atoms. The van der Waals surface area contributed by atoms with Crippen molar-refractivity contribution < 1.29 is 14.6 Å². The van der Waals surface area contributed by atoms with Gasteiger partial charge in [-0.25, -0.2) is 0 Å². The first-order valence-corrected chi connectivity index (χ1v) is 5.23. The van der Waals surface area contributed by atoms with E-state index >= 15 is 0 Å². The Bertz CT molecular complexity index is 377. The molecule has 0 aliphatic rings. The molecule has 16 heavy (non-hydrogen) atoms. The topological polar surface area (TPSA) is 46.5 Å². The third kappa shape index (κ3) is 4.17. The molecule has 0 aliphatic carbocycles. The molecule has 3 nitrogen and oxygen atoms in total. The molecule has 86 valence electrons. The largest absolute Gasteiger partial charge is 0.508 e. The van der Waals surface area contributed by atoms with E-state index in [-0.39, 0.29) is 11.7 Å². The Hall–Kier alpha value is -1.77. The minimum absolute atomic E-state index is 0.213. The number of hydrogen-bond acceptors (Lipinski definition) is 3. The average molecular weight is 220 g/mol. The molecule has 0 radical (unpaired) electrons. The molecule has 0 saturated heterocycles. The quantitative estimate of drug-likeness (QED) is 0.793. The Morgan fingerprint density at radius 2 is 2.00 bits per heavy atom. The van der Waals surface area contributed by atoms with Crippen LogP contribution in [0.2, 0.25) is 0 Å². The van der Waals surface area contributed by atoms with Crippen LogP contribution in [0.4, 0.5) is 0 Å². The van der Waals surface area contributed by atoms with E-state index < -0.39 is 0 Å². The van der Waals surface area contributed by atoms with Crippen LogP contribution in [0.1, 0.15) is 25.8 Å². The zero-order valence-corrected chi connectivity index (χ0v) is 9.56. The number of phenols is 1. The molecule has 3 heteroatoms. The molecule has 0 amide bonds. The van der Waals surface area contributed by atoms with Gasteiger partial charge >= 0.3 is 5.97 Å². The third-order valence-corrected chi connectivity index (χ3v) is 2.03. The Morgan fingerprint density at radius 3 is 2.56 bits per heavy atom. The van der Waals surface area contributed by atoms with Crippen LogP contribution < -0.4 is 0 Å². The van der Waals surface area contributed by atoms with Crippen molar-refractivity contribution in [2.75, 3.05) is 6.61 Å². The lowest BCUT2D eigenvalue weighted by Gasteiger charge is -2.02. The van der Waals surface area contributed by atoms with Gasteiger partial charge in [-0.3, -0.25) is 4.79 Å². The number of carbonyl (C=O) groups is 1. The molecular formula is C13H16O3. The van der Waals surface area contributed by atoms with Crippen LogP contribution in [-0.2, 0) is 9.53 Å². The van der Waals surface area contributed by atoms with E-state index in [1.807, 2.05) is 13.0 Å². The summed E-state index contributed by atoms with van der Waals surface area (Å²) in [6.07, 6.45) is 2.20. The maximum absolute atomic E-state index is 11.2. The lowest BCUT2D eigenvalue weighted by atomic mass is 10.1. The van der Waals surface area contributed by atoms with Crippen LogP contribution in [-0.4, -0.2) is 17.7 Å². The molecule has 0 saturated carbocycles. The second-order valence-electron chi connectivity index (χ2n) is 3.56. The fourth-order valence-corrected chi connectivity index (χ4v) is 1.35. The number of benzene rings is 1. The lowest BCUT2D eigenvalue weighted by Crippen LogP contribution is -2.03. The number of phenolic OH excluding ortho intramolecular Hbond substituents is 1. The Balaban J connectivity index is 2.62. The third-order valence-electron chi connectivity index (χ3n) is 2.03. The van der Waals surface area contributed by atoms with Gasteiger partial charge in [0.05, 0.1) is 13.0 Å². The number of rotatable bonds is 4. The van der Waals surface area contributed by atoms with Gasteiger partial charge in [-0.1, -0.05) is 23.8 Å². The van der Waals surface area contributed by atoms with Gasteiger partial charge < -0.3 is 9.84 Å². The van der Waals surface area contributed by atoms with Gasteiger partial charge in [-0.2, -0.15) is 0 Å². The summed E-state index contributed by atoms with van der Waals surface area (Å²) >= 11 is 0. The van der Waals surface area contributed by atoms with Crippen molar-refractivity contribution in [3.8, 4) is 5.75 Å². The zero-order valence-electron chi connectivity index (χ0n) is 9.56. The van der Waals surface area contributed by atoms with Crippen molar-refractivity contribution in [3.05, 3.63) is 35.4 Å². The van der Waals surface area contributed by atoms with Gasteiger partial charge in [0.15, 0.2) is 0 Å². The molecule has 1 aromatic rings.